The molecule has 0 bridgehead atoms. The van der Waals surface area contributed by atoms with E-state index in [0.29, 0.717) is 19.6 Å². The lowest BCUT2D eigenvalue weighted by Gasteiger charge is -2.31. The lowest BCUT2D eigenvalue weighted by atomic mass is 10.0. The Kier molecular flexibility index (Phi) is 2.81. The number of rotatable bonds is 2. The van der Waals surface area contributed by atoms with Gasteiger partial charge in [0.1, 0.15) is 5.67 Å². The van der Waals surface area contributed by atoms with Crippen LogP contribution in [-0.2, 0) is 4.74 Å². The standard InChI is InChI=1S/C9H17FN2O/c10-9(1-6-13-8-9)7-12-4-2-11-3-5-12/h11H,1-8H2. The Hall–Kier alpha value is -0.190. The minimum absolute atomic E-state index is 0.289. The van der Waals surface area contributed by atoms with Crippen molar-refractivity contribution in [3.05, 3.63) is 0 Å². The number of nitrogens with one attached hydrogen (secondary N) is 1. The normalized spacial score (nSPS) is 36.7. The first-order valence-corrected chi connectivity index (χ1v) is 4.98. The van der Waals surface area contributed by atoms with E-state index < -0.39 is 5.67 Å². The second-order valence-corrected chi connectivity index (χ2v) is 3.98. The highest BCUT2D eigenvalue weighted by Crippen LogP contribution is 2.24. The second kappa shape index (κ2) is 3.90. The number of alkyl halides is 1. The fourth-order valence-corrected chi connectivity index (χ4v) is 1.98. The Balaban J connectivity index is 1.81. The van der Waals surface area contributed by atoms with Crippen LogP contribution in [0.4, 0.5) is 4.39 Å². The highest BCUT2D eigenvalue weighted by atomic mass is 19.1. The summed E-state index contributed by atoms with van der Waals surface area (Å²) in [6.07, 6.45) is 0.566. The molecule has 2 fully saturated rings. The molecule has 0 saturated carbocycles. The zero-order chi connectivity index (χ0) is 9.15. The van der Waals surface area contributed by atoms with Crippen LogP contribution in [-0.4, -0.2) is 56.5 Å². The van der Waals surface area contributed by atoms with Crippen molar-refractivity contribution < 1.29 is 9.13 Å². The summed E-state index contributed by atoms with van der Waals surface area (Å²) in [4.78, 5) is 2.19. The van der Waals surface area contributed by atoms with Crippen LogP contribution in [0.25, 0.3) is 0 Å². The third-order valence-electron chi connectivity index (χ3n) is 2.77. The van der Waals surface area contributed by atoms with Gasteiger partial charge in [0.05, 0.1) is 6.61 Å². The molecule has 1 N–H and O–H groups in total. The van der Waals surface area contributed by atoms with Gasteiger partial charge in [-0.25, -0.2) is 4.39 Å². The van der Waals surface area contributed by atoms with Crippen molar-refractivity contribution in [2.75, 3.05) is 45.9 Å². The van der Waals surface area contributed by atoms with Crippen LogP contribution in [0.5, 0.6) is 0 Å². The molecule has 2 aliphatic heterocycles. The number of ether oxygens (including phenoxy) is 1. The van der Waals surface area contributed by atoms with Crippen molar-refractivity contribution in [3.63, 3.8) is 0 Å². The molecule has 2 saturated heterocycles. The van der Waals surface area contributed by atoms with Crippen molar-refractivity contribution in [2.24, 2.45) is 0 Å². The van der Waals surface area contributed by atoms with E-state index >= 15 is 0 Å². The Morgan fingerprint density at radius 2 is 2.15 bits per heavy atom. The predicted octanol–water partition coefficient (Wildman–Crippen LogP) is 0.0202. The quantitative estimate of drug-likeness (QED) is 0.661. The van der Waals surface area contributed by atoms with E-state index in [1.165, 1.54) is 0 Å². The van der Waals surface area contributed by atoms with Gasteiger partial charge >= 0.3 is 0 Å². The van der Waals surface area contributed by atoms with Crippen molar-refractivity contribution in [3.8, 4) is 0 Å². The Morgan fingerprint density at radius 1 is 1.38 bits per heavy atom. The average molecular weight is 188 g/mol. The minimum Gasteiger partial charge on any atom is -0.378 e. The lowest BCUT2D eigenvalue weighted by molar-refractivity contribution is 0.0659. The molecule has 76 valence electrons. The molecule has 1 unspecified atom stereocenters. The van der Waals surface area contributed by atoms with Crippen LogP contribution >= 0.6 is 0 Å². The van der Waals surface area contributed by atoms with Crippen molar-refractivity contribution >= 4 is 0 Å². The molecule has 4 heteroatoms. The summed E-state index contributed by atoms with van der Waals surface area (Å²) in [7, 11) is 0. The maximum Gasteiger partial charge on any atom is 0.148 e. The fourth-order valence-electron chi connectivity index (χ4n) is 1.98. The van der Waals surface area contributed by atoms with E-state index in [0.717, 1.165) is 26.2 Å². The van der Waals surface area contributed by atoms with E-state index in [1.807, 2.05) is 0 Å². The molecule has 0 aromatic carbocycles. The largest absolute Gasteiger partial charge is 0.378 e. The predicted molar refractivity (Wildman–Crippen MR) is 48.6 cm³/mol. The van der Waals surface area contributed by atoms with Crippen molar-refractivity contribution in [1.29, 1.82) is 0 Å². The smallest absolute Gasteiger partial charge is 0.148 e. The first kappa shape index (κ1) is 9.37. The molecule has 0 amide bonds. The summed E-state index contributed by atoms with van der Waals surface area (Å²) in [5, 5.41) is 3.26. The van der Waals surface area contributed by atoms with E-state index in [4.69, 9.17) is 4.74 Å². The molecule has 2 rings (SSSR count). The minimum atomic E-state index is -1.07. The maximum atomic E-state index is 13.9. The van der Waals surface area contributed by atoms with Gasteiger partial charge in [0.25, 0.3) is 0 Å². The fraction of sp³-hybridized carbons (Fsp3) is 1.00. The monoisotopic (exact) mass is 188 g/mol. The van der Waals surface area contributed by atoms with Crippen LogP contribution in [0.1, 0.15) is 6.42 Å². The third kappa shape index (κ3) is 2.39. The molecule has 2 heterocycles. The summed E-state index contributed by atoms with van der Waals surface area (Å²) in [6.45, 7) is 5.32. The number of halogens is 1. The molecule has 0 radical (unpaired) electrons. The number of hydrogen-bond acceptors (Lipinski definition) is 3. The number of piperazine rings is 1. The number of nitrogens with zero attached hydrogens (tertiary/aromatic N) is 1. The highest BCUT2D eigenvalue weighted by Gasteiger charge is 2.36. The van der Waals surface area contributed by atoms with E-state index in [9.17, 15) is 4.39 Å². The topological polar surface area (TPSA) is 24.5 Å². The van der Waals surface area contributed by atoms with Crippen molar-refractivity contribution in [2.45, 2.75) is 12.1 Å². The van der Waals surface area contributed by atoms with E-state index in [1.54, 1.807) is 0 Å². The summed E-state index contributed by atoms with van der Waals surface area (Å²) in [5.74, 6) is 0. The maximum absolute atomic E-state index is 13.9. The molecule has 13 heavy (non-hydrogen) atoms. The van der Waals surface area contributed by atoms with Crippen LogP contribution in [0.3, 0.4) is 0 Å². The van der Waals surface area contributed by atoms with Gasteiger partial charge in [-0.3, -0.25) is 4.90 Å². The molecule has 1 atom stereocenters. The SMILES string of the molecule is FC1(CN2CCNCC2)CCOC1. The molecule has 0 aliphatic carbocycles. The van der Waals surface area contributed by atoms with Crippen LogP contribution in [0.15, 0.2) is 0 Å². The van der Waals surface area contributed by atoms with Crippen LogP contribution < -0.4 is 5.32 Å². The summed E-state index contributed by atoms with van der Waals surface area (Å²) in [5.41, 5.74) is -1.07. The van der Waals surface area contributed by atoms with Gasteiger partial charge in [0.2, 0.25) is 0 Å². The van der Waals surface area contributed by atoms with Gasteiger partial charge < -0.3 is 10.1 Å². The van der Waals surface area contributed by atoms with Gasteiger partial charge in [-0.15, -0.1) is 0 Å². The second-order valence-electron chi connectivity index (χ2n) is 3.98. The summed E-state index contributed by atoms with van der Waals surface area (Å²) < 4.78 is 19.0. The third-order valence-corrected chi connectivity index (χ3v) is 2.77. The van der Waals surface area contributed by atoms with Gasteiger partial charge in [-0.2, -0.15) is 0 Å². The summed E-state index contributed by atoms with van der Waals surface area (Å²) >= 11 is 0. The molecule has 0 aromatic heterocycles. The number of hydrogen-bond donors (Lipinski definition) is 1. The average Bonchev–Trinajstić information content (AvgIpc) is 2.54. The Labute approximate surface area is 78.2 Å². The Bertz CT molecular complexity index is 165. The van der Waals surface area contributed by atoms with Gasteiger partial charge in [-0.05, 0) is 0 Å². The van der Waals surface area contributed by atoms with Crippen LogP contribution in [0.2, 0.25) is 0 Å². The van der Waals surface area contributed by atoms with Crippen molar-refractivity contribution in [1.82, 2.24) is 10.2 Å². The molecule has 0 aromatic rings. The van der Waals surface area contributed by atoms with Gasteiger partial charge in [0.15, 0.2) is 0 Å². The zero-order valence-corrected chi connectivity index (χ0v) is 7.89. The van der Waals surface area contributed by atoms with Crippen LogP contribution in [0, 0.1) is 0 Å². The van der Waals surface area contributed by atoms with Gasteiger partial charge in [-0.1, -0.05) is 0 Å². The lowest BCUT2D eigenvalue weighted by Crippen LogP contribution is -2.49. The van der Waals surface area contributed by atoms with Gasteiger partial charge in [0, 0.05) is 45.8 Å². The first-order chi connectivity index (χ1) is 6.29. The van der Waals surface area contributed by atoms with E-state index in [2.05, 4.69) is 10.2 Å². The first-order valence-electron chi connectivity index (χ1n) is 4.98. The molecule has 0 spiro atoms. The molecular formula is C9H17FN2O. The highest BCUT2D eigenvalue weighted by molar-refractivity contribution is 4.87. The zero-order valence-electron chi connectivity index (χ0n) is 7.89. The molecule has 3 nitrogen and oxygen atoms in total. The molecular weight excluding hydrogens is 171 g/mol. The molecule has 2 aliphatic rings. The van der Waals surface area contributed by atoms with E-state index in [-0.39, 0.29) is 6.61 Å². The summed E-state index contributed by atoms with van der Waals surface area (Å²) in [6, 6.07) is 0. The Morgan fingerprint density at radius 3 is 2.77 bits per heavy atom.